The molecular formula is C17H19ClN6O2S2. The molecule has 28 heavy (non-hydrogen) atoms. The smallest absolute Gasteiger partial charge is 0.239 e. The first kappa shape index (κ1) is 20.6. The van der Waals surface area contributed by atoms with Crippen molar-refractivity contribution in [1.29, 1.82) is 5.26 Å². The van der Waals surface area contributed by atoms with Gasteiger partial charge in [0.1, 0.15) is 5.88 Å². The van der Waals surface area contributed by atoms with Crippen molar-refractivity contribution in [2.45, 2.75) is 44.2 Å². The Labute approximate surface area is 175 Å². The Balaban J connectivity index is 1.97. The first-order valence-corrected chi connectivity index (χ1v) is 11.1. The number of nitriles is 1. The fourth-order valence-electron chi connectivity index (χ4n) is 3.11. The molecule has 2 heterocycles. The van der Waals surface area contributed by atoms with Crippen molar-refractivity contribution < 1.29 is 9.59 Å². The topological polar surface area (TPSA) is 113 Å². The first-order chi connectivity index (χ1) is 13.5. The molecular weight excluding hydrogens is 420 g/mol. The van der Waals surface area contributed by atoms with Crippen LogP contribution in [-0.2, 0) is 28.9 Å². The molecule has 0 fully saturated rings. The van der Waals surface area contributed by atoms with Crippen molar-refractivity contribution in [2.75, 3.05) is 22.4 Å². The SMILES string of the molecule is CC(=O)Nn1c(Cc2c(NC(=O)CCl)sc3c2CCCC3)nnc1SCC#N. The zero-order valence-electron chi connectivity index (χ0n) is 15.2. The quantitative estimate of drug-likeness (QED) is 0.507. The van der Waals surface area contributed by atoms with Gasteiger partial charge in [-0.05, 0) is 36.8 Å². The maximum atomic E-state index is 11.9. The molecule has 0 bridgehead atoms. The number of thioether (sulfide) groups is 1. The molecule has 2 aromatic rings. The van der Waals surface area contributed by atoms with E-state index in [0.717, 1.165) is 36.2 Å². The van der Waals surface area contributed by atoms with Crippen molar-refractivity contribution in [2.24, 2.45) is 0 Å². The van der Waals surface area contributed by atoms with Crippen molar-refractivity contribution in [1.82, 2.24) is 14.9 Å². The molecule has 11 heteroatoms. The average Bonchev–Trinajstić information content (AvgIpc) is 3.21. The molecule has 0 spiro atoms. The number of thiophene rings is 1. The Hall–Kier alpha value is -2.09. The van der Waals surface area contributed by atoms with Crippen LogP contribution in [0.5, 0.6) is 0 Å². The van der Waals surface area contributed by atoms with Crippen LogP contribution in [-0.4, -0.2) is 38.3 Å². The second kappa shape index (κ2) is 9.41. The van der Waals surface area contributed by atoms with E-state index >= 15 is 0 Å². The van der Waals surface area contributed by atoms with Gasteiger partial charge in [0.2, 0.25) is 17.0 Å². The Bertz CT molecular complexity index is 933. The number of amides is 2. The largest absolute Gasteiger partial charge is 0.316 e. The molecule has 148 valence electrons. The minimum Gasteiger partial charge on any atom is -0.316 e. The number of halogens is 1. The highest BCUT2D eigenvalue weighted by molar-refractivity contribution is 7.99. The Morgan fingerprint density at radius 1 is 1.36 bits per heavy atom. The predicted molar refractivity (Wildman–Crippen MR) is 110 cm³/mol. The molecule has 2 N–H and O–H groups in total. The molecule has 0 radical (unpaired) electrons. The molecule has 0 atom stereocenters. The number of aromatic nitrogens is 3. The number of fused-ring (bicyclic) bond motifs is 1. The van der Waals surface area contributed by atoms with Crippen LogP contribution in [0, 0.1) is 11.3 Å². The second-order valence-electron chi connectivity index (χ2n) is 6.23. The highest BCUT2D eigenvalue weighted by Gasteiger charge is 2.24. The van der Waals surface area contributed by atoms with Crippen LogP contribution in [0.1, 0.15) is 41.6 Å². The molecule has 0 saturated carbocycles. The standard InChI is InChI=1S/C17H19ClN6O2S2/c1-10(25)23-24-14(21-22-17(24)27-7-6-19)8-12-11-4-2-3-5-13(11)28-16(12)20-15(26)9-18/h2-5,7-9H2,1H3,(H,20,26)(H,23,25). The summed E-state index contributed by atoms with van der Waals surface area (Å²) in [5, 5.41) is 21.3. The van der Waals surface area contributed by atoms with Crippen LogP contribution in [0.25, 0.3) is 0 Å². The van der Waals surface area contributed by atoms with Gasteiger partial charge in [-0.3, -0.25) is 15.0 Å². The molecule has 0 aliphatic heterocycles. The van der Waals surface area contributed by atoms with Gasteiger partial charge in [0.15, 0.2) is 5.82 Å². The molecule has 2 amide bonds. The normalized spacial score (nSPS) is 12.9. The first-order valence-electron chi connectivity index (χ1n) is 8.74. The number of carbonyl (C=O) groups excluding carboxylic acids is 2. The third-order valence-corrected chi connectivity index (χ3v) is 6.51. The molecule has 0 aromatic carbocycles. The van der Waals surface area contributed by atoms with Gasteiger partial charge >= 0.3 is 0 Å². The molecule has 1 aliphatic rings. The Morgan fingerprint density at radius 2 is 2.14 bits per heavy atom. The summed E-state index contributed by atoms with van der Waals surface area (Å²) in [7, 11) is 0. The van der Waals surface area contributed by atoms with Crippen LogP contribution >= 0.6 is 34.7 Å². The zero-order chi connectivity index (χ0) is 20.1. The van der Waals surface area contributed by atoms with E-state index in [-0.39, 0.29) is 23.4 Å². The number of hydrogen-bond acceptors (Lipinski definition) is 7. The third kappa shape index (κ3) is 4.66. The summed E-state index contributed by atoms with van der Waals surface area (Å²) in [6.45, 7) is 1.40. The van der Waals surface area contributed by atoms with E-state index < -0.39 is 0 Å². The fourth-order valence-corrected chi connectivity index (χ4v) is 5.08. The van der Waals surface area contributed by atoms with E-state index in [0.29, 0.717) is 17.4 Å². The number of rotatable bonds is 7. The average molecular weight is 439 g/mol. The van der Waals surface area contributed by atoms with E-state index in [4.69, 9.17) is 16.9 Å². The highest BCUT2D eigenvalue weighted by Crippen LogP contribution is 2.39. The summed E-state index contributed by atoms with van der Waals surface area (Å²) in [4.78, 5) is 24.8. The monoisotopic (exact) mass is 438 g/mol. The van der Waals surface area contributed by atoms with Gasteiger partial charge in [0.25, 0.3) is 0 Å². The molecule has 1 aliphatic carbocycles. The lowest BCUT2D eigenvalue weighted by Gasteiger charge is -2.14. The van der Waals surface area contributed by atoms with Crippen molar-refractivity contribution in [3.05, 3.63) is 21.8 Å². The van der Waals surface area contributed by atoms with Crippen LogP contribution < -0.4 is 10.7 Å². The lowest BCUT2D eigenvalue weighted by Crippen LogP contribution is -2.23. The maximum absolute atomic E-state index is 11.9. The number of anilines is 1. The minimum absolute atomic E-state index is 0.112. The van der Waals surface area contributed by atoms with Gasteiger partial charge in [-0.15, -0.1) is 33.1 Å². The summed E-state index contributed by atoms with van der Waals surface area (Å²) in [6.07, 6.45) is 4.58. The third-order valence-electron chi connectivity index (χ3n) is 4.23. The molecule has 0 saturated heterocycles. The number of nitrogens with one attached hydrogen (secondary N) is 2. The van der Waals surface area contributed by atoms with Crippen LogP contribution in [0.2, 0.25) is 0 Å². The molecule has 2 aromatic heterocycles. The van der Waals surface area contributed by atoms with E-state index in [9.17, 15) is 9.59 Å². The molecule has 3 rings (SSSR count). The molecule has 0 unspecified atom stereocenters. The van der Waals surface area contributed by atoms with Gasteiger partial charge in [-0.1, -0.05) is 11.8 Å². The summed E-state index contributed by atoms with van der Waals surface area (Å²) in [5.74, 6) is 0.114. The fraction of sp³-hybridized carbons (Fsp3) is 0.471. The summed E-state index contributed by atoms with van der Waals surface area (Å²) in [5.41, 5.74) is 4.95. The summed E-state index contributed by atoms with van der Waals surface area (Å²) in [6, 6.07) is 2.04. The number of hydrogen-bond donors (Lipinski definition) is 2. The van der Waals surface area contributed by atoms with Crippen LogP contribution in [0.3, 0.4) is 0 Å². The van der Waals surface area contributed by atoms with Crippen molar-refractivity contribution in [3.8, 4) is 6.07 Å². The van der Waals surface area contributed by atoms with Crippen LogP contribution in [0.15, 0.2) is 5.16 Å². The second-order valence-corrected chi connectivity index (χ2v) is 8.54. The Kier molecular flexibility index (Phi) is 6.93. The van der Waals surface area contributed by atoms with Gasteiger partial charge in [0, 0.05) is 18.2 Å². The summed E-state index contributed by atoms with van der Waals surface area (Å²) < 4.78 is 1.52. The number of carbonyl (C=O) groups is 2. The van der Waals surface area contributed by atoms with Crippen LogP contribution in [0.4, 0.5) is 5.00 Å². The summed E-state index contributed by atoms with van der Waals surface area (Å²) >= 11 is 8.45. The predicted octanol–water partition coefficient (Wildman–Crippen LogP) is 2.69. The number of aryl methyl sites for hydroxylation is 1. The maximum Gasteiger partial charge on any atom is 0.239 e. The minimum atomic E-state index is -0.261. The van der Waals surface area contributed by atoms with E-state index in [2.05, 4.69) is 20.9 Å². The lowest BCUT2D eigenvalue weighted by atomic mass is 9.94. The number of alkyl halides is 1. The van der Waals surface area contributed by atoms with Gasteiger partial charge in [-0.25, -0.2) is 4.68 Å². The van der Waals surface area contributed by atoms with E-state index in [1.54, 1.807) is 11.3 Å². The van der Waals surface area contributed by atoms with Gasteiger partial charge in [-0.2, -0.15) is 5.26 Å². The zero-order valence-corrected chi connectivity index (χ0v) is 17.6. The van der Waals surface area contributed by atoms with Crippen molar-refractivity contribution in [3.63, 3.8) is 0 Å². The van der Waals surface area contributed by atoms with Crippen molar-refractivity contribution >= 4 is 51.5 Å². The van der Waals surface area contributed by atoms with Gasteiger partial charge in [0.05, 0.1) is 16.8 Å². The van der Waals surface area contributed by atoms with Gasteiger partial charge < -0.3 is 5.32 Å². The molecule has 8 nitrogen and oxygen atoms in total. The van der Waals surface area contributed by atoms with E-state index in [1.165, 1.54) is 33.8 Å². The van der Waals surface area contributed by atoms with E-state index in [1.807, 2.05) is 6.07 Å². The Morgan fingerprint density at radius 3 is 2.86 bits per heavy atom. The highest BCUT2D eigenvalue weighted by atomic mass is 35.5. The lowest BCUT2D eigenvalue weighted by molar-refractivity contribution is -0.115. The number of nitrogens with zero attached hydrogens (tertiary/aromatic N) is 4.